The van der Waals surface area contributed by atoms with Crippen LogP contribution in [0.25, 0.3) is 33.3 Å². The number of aromatic nitrogens is 1. The molecule has 0 fully saturated rings. The molecule has 0 aliphatic heterocycles. The summed E-state index contributed by atoms with van der Waals surface area (Å²) >= 11 is 12.1. The zero-order valence-corrected chi connectivity index (χ0v) is 13.7. The van der Waals surface area contributed by atoms with Crippen LogP contribution in [0, 0.1) is 0 Å². The number of hydrogen-bond donors (Lipinski definition) is 1. The first-order chi connectivity index (χ1) is 11.2. The van der Waals surface area contributed by atoms with Crippen LogP contribution in [0.2, 0.25) is 10.0 Å². The SMILES string of the molecule is Clc1ccc(-c2[nH]c3ccccc3c2-c2ccc(Cl)cc2)cc1. The summed E-state index contributed by atoms with van der Waals surface area (Å²) in [6.45, 7) is 0. The van der Waals surface area contributed by atoms with Crippen LogP contribution in [0.4, 0.5) is 0 Å². The van der Waals surface area contributed by atoms with Crippen LogP contribution in [-0.4, -0.2) is 4.98 Å². The number of H-pyrrole nitrogens is 1. The number of hydrogen-bond acceptors (Lipinski definition) is 0. The highest BCUT2D eigenvalue weighted by Crippen LogP contribution is 2.38. The fraction of sp³-hybridized carbons (Fsp3) is 0. The Morgan fingerprint density at radius 3 is 1.83 bits per heavy atom. The highest BCUT2D eigenvalue weighted by Gasteiger charge is 2.14. The van der Waals surface area contributed by atoms with Crippen molar-refractivity contribution < 1.29 is 0 Å². The van der Waals surface area contributed by atoms with Gasteiger partial charge in [-0.3, -0.25) is 0 Å². The highest BCUT2D eigenvalue weighted by molar-refractivity contribution is 6.31. The molecule has 1 aromatic heterocycles. The van der Waals surface area contributed by atoms with Crippen molar-refractivity contribution in [2.75, 3.05) is 0 Å². The van der Waals surface area contributed by atoms with Gasteiger partial charge in [-0.25, -0.2) is 0 Å². The molecule has 0 aliphatic rings. The summed E-state index contributed by atoms with van der Waals surface area (Å²) in [6.07, 6.45) is 0. The minimum absolute atomic E-state index is 0.734. The minimum Gasteiger partial charge on any atom is -0.354 e. The Morgan fingerprint density at radius 2 is 1.17 bits per heavy atom. The van der Waals surface area contributed by atoms with Gasteiger partial charge in [-0.1, -0.05) is 65.7 Å². The number of fused-ring (bicyclic) bond motifs is 1. The second-order valence-corrected chi connectivity index (χ2v) is 6.31. The fourth-order valence-corrected chi connectivity index (χ4v) is 3.14. The molecule has 0 aliphatic carbocycles. The second kappa shape index (κ2) is 5.77. The largest absolute Gasteiger partial charge is 0.354 e. The summed E-state index contributed by atoms with van der Waals surface area (Å²) < 4.78 is 0. The molecule has 3 heteroatoms. The average Bonchev–Trinajstić information content (AvgIpc) is 2.96. The molecule has 3 aromatic carbocycles. The van der Waals surface area contributed by atoms with Gasteiger partial charge in [0.15, 0.2) is 0 Å². The number of nitrogens with one attached hydrogen (secondary N) is 1. The first-order valence-electron chi connectivity index (χ1n) is 7.35. The topological polar surface area (TPSA) is 15.8 Å². The summed E-state index contributed by atoms with van der Waals surface area (Å²) in [7, 11) is 0. The predicted octanol–water partition coefficient (Wildman–Crippen LogP) is 6.81. The van der Waals surface area contributed by atoms with Crippen LogP contribution in [0.15, 0.2) is 72.8 Å². The number of benzene rings is 3. The summed E-state index contributed by atoms with van der Waals surface area (Å²) in [5, 5.41) is 2.67. The second-order valence-electron chi connectivity index (χ2n) is 5.43. The molecule has 1 nitrogen and oxygen atoms in total. The molecule has 23 heavy (non-hydrogen) atoms. The number of aromatic amines is 1. The highest BCUT2D eigenvalue weighted by atomic mass is 35.5. The van der Waals surface area contributed by atoms with Crippen LogP contribution in [0.5, 0.6) is 0 Å². The van der Waals surface area contributed by atoms with E-state index in [9.17, 15) is 0 Å². The van der Waals surface area contributed by atoms with E-state index in [1.54, 1.807) is 0 Å². The van der Waals surface area contributed by atoms with Crippen LogP contribution in [0.3, 0.4) is 0 Å². The first-order valence-corrected chi connectivity index (χ1v) is 8.10. The van der Waals surface area contributed by atoms with E-state index in [4.69, 9.17) is 23.2 Å². The van der Waals surface area contributed by atoms with E-state index >= 15 is 0 Å². The Morgan fingerprint density at radius 1 is 0.609 bits per heavy atom. The third-order valence-corrected chi connectivity index (χ3v) is 4.48. The molecule has 112 valence electrons. The Balaban J connectivity index is 2.01. The molecule has 0 spiro atoms. The van der Waals surface area contributed by atoms with E-state index in [0.29, 0.717) is 0 Å². The van der Waals surface area contributed by atoms with Gasteiger partial charge >= 0.3 is 0 Å². The van der Waals surface area contributed by atoms with Crippen molar-refractivity contribution in [3.63, 3.8) is 0 Å². The van der Waals surface area contributed by atoms with Crippen molar-refractivity contribution in [3.05, 3.63) is 82.8 Å². The Labute approximate surface area is 144 Å². The summed E-state index contributed by atoms with van der Waals surface area (Å²) in [5.74, 6) is 0. The molecular formula is C20H13Cl2N. The zero-order valence-electron chi connectivity index (χ0n) is 12.2. The third kappa shape index (κ3) is 2.63. The lowest BCUT2D eigenvalue weighted by molar-refractivity contribution is 1.45. The van der Waals surface area contributed by atoms with Gasteiger partial charge in [0.05, 0.1) is 5.69 Å². The fourth-order valence-electron chi connectivity index (χ4n) is 2.89. The summed E-state index contributed by atoms with van der Waals surface area (Å²) in [4.78, 5) is 3.54. The molecule has 1 heterocycles. The Hall–Kier alpha value is -2.22. The number of para-hydroxylation sites is 1. The van der Waals surface area contributed by atoms with Gasteiger partial charge < -0.3 is 4.98 Å². The van der Waals surface area contributed by atoms with E-state index in [0.717, 1.165) is 32.4 Å². The molecule has 0 radical (unpaired) electrons. The normalized spacial score (nSPS) is 11.0. The first kappa shape index (κ1) is 14.4. The number of rotatable bonds is 2. The van der Waals surface area contributed by atoms with Gasteiger partial charge in [0, 0.05) is 26.5 Å². The smallest absolute Gasteiger partial charge is 0.0544 e. The van der Waals surface area contributed by atoms with E-state index in [-0.39, 0.29) is 0 Å². The lowest BCUT2D eigenvalue weighted by Gasteiger charge is -2.06. The molecule has 0 amide bonds. The van der Waals surface area contributed by atoms with Crippen LogP contribution in [-0.2, 0) is 0 Å². The van der Waals surface area contributed by atoms with Gasteiger partial charge in [0.25, 0.3) is 0 Å². The molecule has 0 bridgehead atoms. The Bertz CT molecular complexity index is 967. The standard InChI is InChI=1S/C20H13Cl2N/c21-15-9-5-13(6-10-15)19-17-3-1-2-4-18(17)23-20(19)14-7-11-16(22)12-8-14/h1-12,23H. The van der Waals surface area contributed by atoms with Crippen molar-refractivity contribution in [3.8, 4) is 22.4 Å². The minimum atomic E-state index is 0.734. The van der Waals surface area contributed by atoms with Gasteiger partial charge in [-0.15, -0.1) is 0 Å². The molecule has 4 rings (SSSR count). The van der Waals surface area contributed by atoms with Crippen LogP contribution in [0.1, 0.15) is 0 Å². The van der Waals surface area contributed by atoms with Crippen molar-refractivity contribution in [1.29, 1.82) is 0 Å². The maximum atomic E-state index is 6.04. The van der Waals surface area contributed by atoms with Crippen molar-refractivity contribution in [2.45, 2.75) is 0 Å². The van der Waals surface area contributed by atoms with E-state index in [1.165, 1.54) is 10.9 Å². The average molecular weight is 338 g/mol. The van der Waals surface area contributed by atoms with Gasteiger partial charge in [0.1, 0.15) is 0 Å². The van der Waals surface area contributed by atoms with E-state index in [2.05, 4.69) is 35.3 Å². The molecule has 0 saturated heterocycles. The van der Waals surface area contributed by atoms with E-state index < -0.39 is 0 Å². The summed E-state index contributed by atoms with van der Waals surface area (Å²) in [6, 6.07) is 24.2. The molecule has 1 N–H and O–H groups in total. The van der Waals surface area contributed by atoms with Crippen molar-refractivity contribution in [2.24, 2.45) is 0 Å². The monoisotopic (exact) mass is 337 g/mol. The lowest BCUT2D eigenvalue weighted by atomic mass is 9.98. The third-order valence-electron chi connectivity index (χ3n) is 3.97. The number of halogens is 2. The molecule has 0 unspecified atom stereocenters. The van der Waals surface area contributed by atoms with E-state index in [1.807, 2.05) is 42.5 Å². The molecule has 4 aromatic rings. The zero-order chi connectivity index (χ0) is 15.8. The maximum absolute atomic E-state index is 6.04. The summed E-state index contributed by atoms with van der Waals surface area (Å²) in [5.41, 5.74) is 5.62. The molecule has 0 saturated carbocycles. The van der Waals surface area contributed by atoms with Gasteiger partial charge in [0.2, 0.25) is 0 Å². The molecule has 0 atom stereocenters. The van der Waals surface area contributed by atoms with Gasteiger partial charge in [-0.05, 0) is 41.5 Å². The predicted molar refractivity (Wildman–Crippen MR) is 99.2 cm³/mol. The maximum Gasteiger partial charge on any atom is 0.0544 e. The van der Waals surface area contributed by atoms with Crippen molar-refractivity contribution >= 4 is 34.1 Å². The molecular weight excluding hydrogens is 325 g/mol. The lowest BCUT2D eigenvalue weighted by Crippen LogP contribution is -1.83. The quantitative estimate of drug-likeness (QED) is 0.413. The van der Waals surface area contributed by atoms with Crippen molar-refractivity contribution in [1.82, 2.24) is 4.98 Å². The Kier molecular flexibility index (Phi) is 3.60. The van der Waals surface area contributed by atoms with Gasteiger partial charge in [-0.2, -0.15) is 0 Å². The van der Waals surface area contributed by atoms with Crippen LogP contribution < -0.4 is 0 Å². The van der Waals surface area contributed by atoms with Crippen LogP contribution >= 0.6 is 23.2 Å².